The van der Waals surface area contributed by atoms with Gasteiger partial charge in [-0.25, -0.2) is 9.67 Å². The lowest BCUT2D eigenvalue weighted by atomic mass is 10.2. The summed E-state index contributed by atoms with van der Waals surface area (Å²) < 4.78 is 1.61. The summed E-state index contributed by atoms with van der Waals surface area (Å²) in [6.07, 6.45) is 0. The Morgan fingerprint density at radius 3 is 2.18 bits per heavy atom. The van der Waals surface area contributed by atoms with Crippen molar-refractivity contribution in [2.75, 3.05) is 0 Å². The number of nitrogens with zero attached hydrogens (tertiary/aromatic N) is 3. The minimum Gasteiger partial charge on any atom is -0.267 e. The van der Waals surface area contributed by atoms with Crippen LogP contribution in [0.15, 0.2) is 78.2 Å². The van der Waals surface area contributed by atoms with Crippen LogP contribution < -0.4 is 10.9 Å². The molecule has 2 aromatic carbocycles. The number of benzene rings is 2. The predicted molar refractivity (Wildman–Crippen MR) is 106 cm³/mol. The molecule has 0 unspecified atom stereocenters. The number of carbonyl (C=O) groups excluding carboxylic acids is 2. The second-order valence-corrected chi connectivity index (χ2v) is 6.71. The summed E-state index contributed by atoms with van der Waals surface area (Å²) in [4.78, 5) is 29.8. The molecule has 0 aliphatic heterocycles. The molecule has 2 N–H and O–H groups in total. The number of amides is 2. The van der Waals surface area contributed by atoms with Gasteiger partial charge in [0.15, 0.2) is 5.82 Å². The molecule has 2 amide bonds. The summed E-state index contributed by atoms with van der Waals surface area (Å²) in [5.41, 5.74) is 5.95. The van der Waals surface area contributed by atoms with Gasteiger partial charge in [0.1, 0.15) is 0 Å². The molecule has 0 aliphatic rings. The molecule has 0 fully saturated rings. The van der Waals surface area contributed by atoms with Crippen molar-refractivity contribution >= 4 is 23.2 Å². The van der Waals surface area contributed by atoms with Gasteiger partial charge in [0.05, 0.1) is 10.6 Å². The number of aromatic nitrogens is 3. The first-order chi connectivity index (χ1) is 13.7. The normalized spacial score (nSPS) is 10.4. The van der Waals surface area contributed by atoms with Crippen molar-refractivity contribution in [2.24, 2.45) is 0 Å². The van der Waals surface area contributed by atoms with Crippen molar-refractivity contribution in [3.8, 4) is 16.4 Å². The van der Waals surface area contributed by atoms with E-state index in [4.69, 9.17) is 0 Å². The van der Waals surface area contributed by atoms with Crippen LogP contribution in [0, 0.1) is 0 Å². The Kier molecular flexibility index (Phi) is 4.94. The molecule has 0 aliphatic carbocycles. The average Bonchev–Trinajstić information content (AvgIpc) is 3.43. The van der Waals surface area contributed by atoms with Gasteiger partial charge in [-0.2, -0.15) is 0 Å². The first kappa shape index (κ1) is 17.6. The summed E-state index contributed by atoms with van der Waals surface area (Å²) in [7, 11) is 0. The van der Waals surface area contributed by atoms with Crippen LogP contribution in [0.4, 0.5) is 0 Å². The van der Waals surface area contributed by atoms with E-state index in [1.54, 1.807) is 28.9 Å². The summed E-state index contributed by atoms with van der Waals surface area (Å²) in [5.74, 6) is -0.506. The predicted octanol–water partition coefficient (Wildman–Crippen LogP) is 3.07. The SMILES string of the molecule is O=C(NNC(=O)c1nc(-c2cccs2)n(-c2ccccc2)n1)c1ccccc1. The van der Waals surface area contributed by atoms with Gasteiger partial charge in [-0.3, -0.25) is 20.4 Å². The fourth-order valence-electron chi connectivity index (χ4n) is 2.55. The molecule has 8 heteroatoms. The van der Waals surface area contributed by atoms with Crippen LogP contribution in [0.1, 0.15) is 21.0 Å². The Morgan fingerprint density at radius 2 is 1.50 bits per heavy atom. The average molecular weight is 389 g/mol. The first-order valence-electron chi connectivity index (χ1n) is 8.44. The minimum absolute atomic E-state index is 0.0411. The molecule has 28 heavy (non-hydrogen) atoms. The second kappa shape index (κ2) is 7.85. The molecule has 0 radical (unpaired) electrons. The number of hydrogen-bond acceptors (Lipinski definition) is 5. The van der Waals surface area contributed by atoms with Crippen molar-refractivity contribution in [1.82, 2.24) is 25.6 Å². The van der Waals surface area contributed by atoms with Crippen LogP contribution in [0.2, 0.25) is 0 Å². The number of hydrazine groups is 1. The molecule has 4 rings (SSSR count). The Bertz CT molecular complexity index is 1090. The molecule has 138 valence electrons. The summed E-state index contributed by atoms with van der Waals surface area (Å²) in [5, 5.41) is 6.27. The maximum Gasteiger partial charge on any atom is 0.309 e. The first-order valence-corrected chi connectivity index (χ1v) is 9.32. The maximum absolute atomic E-state index is 12.5. The van der Waals surface area contributed by atoms with Crippen molar-refractivity contribution in [3.05, 3.63) is 89.6 Å². The van der Waals surface area contributed by atoms with E-state index in [0.29, 0.717) is 11.4 Å². The number of hydrogen-bond donors (Lipinski definition) is 2. The van der Waals surface area contributed by atoms with Crippen LogP contribution >= 0.6 is 11.3 Å². The molecular formula is C20H15N5O2S. The third kappa shape index (κ3) is 3.67. The molecular weight excluding hydrogens is 374 g/mol. The van der Waals surface area contributed by atoms with Gasteiger partial charge in [0.25, 0.3) is 5.91 Å². The third-order valence-corrected chi connectivity index (χ3v) is 4.74. The summed E-state index contributed by atoms with van der Waals surface area (Å²) in [6, 6.07) is 21.8. The van der Waals surface area contributed by atoms with Crippen LogP contribution in [0.3, 0.4) is 0 Å². The zero-order chi connectivity index (χ0) is 19.3. The van der Waals surface area contributed by atoms with Crippen molar-refractivity contribution < 1.29 is 9.59 Å². The number of para-hydroxylation sites is 1. The number of rotatable bonds is 4. The molecule has 0 saturated carbocycles. The minimum atomic E-state index is -0.600. The lowest BCUT2D eigenvalue weighted by Gasteiger charge is -2.05. The summed E-state index contributed by atoms with van der Waals surface area (Å²) in [6.45, 7) is 0. The van der Waals surface area contributed by atoms with E-state index in [0.717, 1.165) is 10.6 Å². The van der Waals surface area contributed by atoms with Crippen LogP contribution in [0.5, 0.6) is 0 Å². The van der Waals surface area contributed by atoms with Gasteiger partial charge in [-0.05, 0) is 35.7 Å². The zero-order valence-corrected chi connectivity index (χ0v) is 15.4. The highest BCUT2D eigenvalue weighted by Crippen LogP contribution is 2.25. The van der Waals surface area contributed by atoms with Crippen LogP contribution in [0.25, 0.3) is 16.4 Å². The van der Waals surface area contributed by atoms with Crippen LogP contribution in [-0.4, -0.2) is 26.6 Å². The molecule has 0 atom stereocenters. The highest BCUT2D eigenvalue weighted by atomic mass is 32.1. The van der Waals surface area contributed by atoms with E-state index in [-0.39, 0.29) is 5.82 Å². The number of thiophene rings is 1. The van der Waals surface area contributed by atoms with Gasteiger partial charge in [-0.1, -0.05) is 42.5 Å². The van der Waals surface area contributed by atoms with E-state index in [2.05, 4.69) is 20.9 Å². The van der Waals surface area contributed by atoms with E-state index in [9.17, 15) is 9.59 Å². The van der Waals surface area contributed by atoms with Crippen molar-refractivity contribution in [2.45, 2.75) is 0 Å². The van der Waals surface area contributed by atoms with E-state index in [1.165, 1.54) is 11.3 Å². The fraction of sp³-hybridized carbons (Fsp3) is 0. The fourth-order valence-corrected chi connectivity index (χ4v) is 3.25. The lowest BCUT2D eigenvalue weighted by molar-refractivity contribution is 0.0841. The Labute approximate surface area is 164 Å². The molecule has 0 bridgehead atoms. The lowest BCUT2D eigenvalue weighted by Crippen LogP contribution is -2.42. The van der Waals surface area contributed by atoms with Gasteiger partial charge in [0.2, 0.25) is 5.82 Å². The molecule has 7 nitrogen and oxygen atoms in total. The largest absolute Gasteiger partial charge is 0.309 e. The quantitative estimate of drug-likeness (QED) is 0.525. The van der Waals surface area contributed by atoms with Gasteiger partial charge >= 0.3 is 5.91 Å². The monoisotopic (exact) mass is 389 g/mol. The van der Waals surface area contributed by atoms with E-state index < -0.39 is 11.8 Å². The Morgan fingerprint density at radius 1 is 0.821 bits per heavy atom. The van der Waals surface area contributed by atoms with E-state index >= 15 is 0 Å². The molecule has 2 aromatic heterocycles. The number of nitrogens with one attached hydrogen (secondary N) is 2. The molecule has 0 spiro atoms. The van der Waals surface area contributed by atoms with Gasteiger partial charge < -0.3 is 0 Å². The Hall–Kier alpha value is -3.78. The molecule has 4 aromatic rings. The van der Waals surface area contributed by atoms with Crippen molar-refractivity contribution in [1.29, 1.82) is 0 Å². The second-order valence-electron chi connectivity index (χ2n) is 5.76. The zero-order valence-electron chi connectivity index (χ0n) is 14.6. The third-order valence-electron chi connectivity index (χ3n) is 3.88. The highest BCUT2D eigenvalue weighted by Gasteiger charge is 2.19. The molecule has 2 heterocycles. The number of carbonyl (C=O) groups is 2. The maximum atomic E-state index is 12.5. The smallest absolute Gasteiger partial charge is 0.267 e. The van der Waals surface area contributed by atoms with Crippen LogP contribution in [-0.2, 0) is 0 Å². The Balaban J connectivity index is 1.58. The summed E-state index contributed by atoms with van der Waals surface area (Å²) >= 11 is 1.50. The topological polar surface area (TPSA) is 88.9 Å². The van der Waals surface area contributed by atoms with Gasteiger partial charge in [0, 0.05) is 5.56 Å². The van der Waals surface area contributed by atoms with E-state index in [1.807, 2.05) is 53.9 Å². The highest BCUT2D eigenvalue weighted by molar-refractivity contribution is 7.13. The molecule has 0 saturated heterocycles. The standard InChI is InChI=1S/C20H15N5O2S/c26-19(14-8-3-1-4-9-14)22-23-20(27)17-21-18(16-12-7-13-28-16)25(24-17)15-10-5-2-6-11-15/h1-13H,(H,22,26)(H,23,27). The van der Waals surface area contributed by atoms with Crippen molar-refractivity contribution in [3.63, 3.8) is 0 Å². The van der Waals surface area contributed by atoms with Gasteiger partial charge in [-0.15, -0.1) is 16.4 Å².